The Morgan fingerprint density at radius 1 is 0.320 bits per heavy atom. The largest absolute Gasteiger partial charge is 0.310 e. The fraction of sp³-hybridized carbons (Fsp3) is 0. The van der Waals surface area contributed by atoms with Crippen LogP contribution in [0.15, 0.2) is 200 Å². The maximum absolute atomic E-state index is 2.45. The van der Waals surface area contributed by atoms with Crippen LogP contribution in [0.5, 0.6) is 0 Å². The third-order valence-corrected chi connectivity index (χ3v) is 10.6. The molecule has 9 rings (SSSR count). The van der Waals surface area contributed by atoms with Crippen molar-refractivity contribution in [1.82, 2.24) is 0 Å². The van der Waals surface area contributed by atoms with Crippen LogP contribution in [0, 0.1) is 0 Å². The number of thiophene rings is 1. The van der Waals surface area contributed by atoms with Crippen molar-refractivity contribution in [3.05, 3.63) is 200 Å². The summed E-state index contributed by atoms with van der Waals surface area (Å²) in [6.45, 7) is 0. The lowest BCUT2D eigenvalue weighted by molar-refractivity contribution is 1.29. The van der Waals surface area contributed by atoms with Gasteiger partial charge in [0.2, 0.25) is 0 Å². The van der Waals surface area contributed by atoms with Crippen LogP contribution in [-0.2, 0) is 0 Å². The molecule has 50 heavy (non-hydrogen) atoms. The molecule has 1 aromatic heterocycles. The second-order valence-corrected chi connectivity index (χ2v) is 13.6. The first-order valence-corrected chi connectivity index (χ1v) is 17.8. The smallest absolute Gasteiger partial charge is 0.0546 e. The van der Waals surface area contributed by atoms with E-state index in [1.54, 1.807) is 0 Å². The second-order valence-electron chi connectivity index (χ2n) is 12.5. The van der Waals surface area contributed by atoms with Crippen molar-refractivity contribution in [3.63, 3.8) is 0 Å². The molecule has 0 unspecified atom stereocenters. The lowest BCUT2D eigenvalue weighted by Crippen LogP contribution is -2.12. The molecule has 0 N–H and O–H groups in total. The van der Waals surface area contributed by atoms with E-state index < -0.39 is 0 Å². The van der Waals surface area contributed by atoms with Crippen molar-refractivity contribution in [2.45, 2.75) is 0 Å². The average molecular weight is 656 g/mol. The fourth-order valence-corrected chi connectivity index (χ4v) is 8.29. The number of hydrogen-bond donors (Lipinski definition) is 0. The van der Waals surface area contributed by atoms with E-state index in [0.717, 1.165) is 17.1 Å². The summed E-state index contributed by atoms with van der Waals surface area (Å²) < 4.78 is 2.59. The first-order chi connectivity index (χ1) is 24.8. The molecule has 0 fully saturated rings. The highest BCUT2D eigenvalue weighted by molar-refractivity contribution is 7.25. The Morgan fingerprint density at radius 2 is 0.840 bits per heavy atom. The zero-order chi connectivity index (χ0) is 33.3. The summed E-state index contributed by atoms with van der Waals surface area (Å²) in [4.78, 5) is 2.45. The Labute approximate surface area is 297 Å². The highest BCUT2D eigenvalue weighted by Crippen LogP contribution is 2.49. The lowest BCUT2D eigenvalue weighted by Gasteiger charge is -2.30. The van der Waals surface area contributed by atoms with Crippen LogP contribution in [0.2, 0.25) is 0 Å². The molecule has 0 aliphatic carbocycles. The van der Waals surface area contributed by atoms with E-state index in [1.165, 1.54) is 64.7 Å². The summed E-state index contributed by atoms with van der Waals surface area (Å²) >= 11 is 1.86. The first-order valence-electron chi connectivity index (χ1n) is 17.0. The Kier molecular flexibility index (Phi) is 7.77. The van der Waals surface area contributed by atoms with Crippen LogP contribution in [0.25, 0.3) is 64.7 Å². The minimum absolute atomic E-state index is 1.11. The van der Waals surface area contributed by atoms with Gasteiger partial charge in [-0.2, -0.15) is 0 Å². The van der Waals surface area contributed by atoms with Crippen molar-refractivity contribution in [2.24, 2.45) is 0 Å². The molecule has 8 aromatic carbocycles. The van der Waals surface area contributed by atoms with Crippen molar-refractivity contribution in [2.75, 3.05) is 4.90 Å². The van der Waals surface area contributed by atoms with Crippen molar-refractivity contribution >= 4 is 48.6 Å². The molecule has 9 aromatic rings. The van der Waals surface area contributed by atoms with Crippen LogP contribution in [0.1, 0.15) is 0 Å². The molecule has 0 spiro atoms. The highest BCUT2D eigenvalue weighted by atomic mass is 32.1. The summed E-state index contributed by atoms with van der Waals surface area (Å²) in [6.07, 6.45) is 0. The van der Waals surface area contributed by atoms with Crippen LogP contribution < -0.4 is 4.90 Å². The molecule has 0 radical (unpaired) electrons. The van der Waals surface area contributed by atoms with Crippen molar-refractivity contribution in [1.29, 1.82) is 0 Å². The zero-order valence-corrected chi connectivity index (χ0v) is 28.2. The number of rotatable bonds is 7. The van der Waals surface area contributed by atoms with Gasteiger partial charge in [0.05, 0.1) is 5.69 Å². The van der Waals surface area contributed by atoms with E-state index in [9.17, 15) is 0 Å². The summed E-state index contributed by atoms with van der Waals surface area (Å²) in [6, 6.07) is 72.4. The summed E-state index contributed by atoms with van der Waals surface area (Å²) in [5.74, 6) is 0. The molecule has 0 aliphatic rings. The monoisotopic (exact) mass is 655 g/mol. The van der Waals surface area contributed by atoms with E-state index in [1.807, 2.05) is 11.3 Å². The second kappa shape index (κ2) is 13.0. The minimum atomic E-state index is 1.11. The Hall–Kier alpha value is -6.22. The van der Waals surface area contributed by atoms with Crippen molar-refractivity contribution in [3.8, 4) is 44.5 Å². The van der Waals surface area contributed by atoms with Gasteiger partial charge in [-0.25, -0.2) is 0 Å². The third-order valence-electron chi connectivity index (χ3n) is 9.50. The molecule has 0 saturated carbocycles. The summed E-state index contributed by atoms with van der Waals surface area (Å²) in [5, 5.41) is 2.60. The van der Waals surface area contributed by atoms with Gasteiger partial charge in [-0.05, 0) is 75.3 Å². The molecule has 0 amide bonds. The average Bonchev–Trinajstić information content (AvgIpc) is 3.57. The summed E-state index contributed by atoms with van der Waals surface area (Å²) in [5.41, 5.74) is 12.9. The first kappa shape index (κ1) is 29.9. The predicted molar refractivity (Wildman–Crippen MR) is 216 cm³/mol. The molecule has 0 aliphatic heterocycles. The number of anilines is 3. The van der Waals surface area contributed by atoms with Crippen LogP contribution in [-0.4, -0.2) is 0 Å². The topological polar surface area (TPSA) is 3.24 Å². The molecule has 236 valence electrons. The van der Waals surface area contributed by atoms with Gasteiger partial charge in [-0.1, -0.05) is 164 Å². The molecule has 2 heteroatoms. The van der Waals surface area contributed by atoms with Crippen molar-refractivity contribution < 1.29 is 0 Å². The highest BCUT2D eigenvalue weighted by Gasteiger charge is 2.23. The molecular weight excluding hydrogens is 623 g/mol. The van der Waals surface area contributed by atoms with E-state index in [4.69, 9.17) is 0 Å². The SMILES string of the molecule is c1ccc(-c2ccc(N(c3ccc4c(c3)sc3ccccc34)c3cccc(-c4ccccc4)c3-c3ccccc3-c3ccccc3)cc2)cc1. The van der Waals surface area contributed by atoms with E-state index in [0.29, 0.717) is 0 Å². The van der Waals surface area contributed by atoms with Gasteiger partial charge >= 0.3 is 0 Å². The normalized spacial score (nSPS) is 11.2. The third kappa shape index (κ3) is 5.46. The van der Waals surface area contributed by atoms with Crippen LogP contribution >= 0.6 is 11.3 Å². The van der Waals surface area contributed by atoms with Gasteiger partial charge < -0.3 is 4.90 Å². The van der Waals surface area contributed by atoms with Gasteiger partial charge in [0, 0.05) is 37.1 Å². The Morgan fingerprint density at radius 3 is 1.56 bits per heavy atom. The molecule has 0 saturated heterocycles. The quantitative estimate of drug-likeness (QED) is 0.165. The molecule has 0 atom stereocenters. The molecule has 1 heterocycles. The van der Waals surface area contributed by atoms with Gasteiger partial charge in [0.1, 0.15) is 0 Å². The maximum Gasteiger partial charge on any atom is 0.0546 e. The summed E-state index contributed by atoms with van der Waals surface area (Å²) in [7, 11) is 0. The number of benzene rings is 8. The number of fused-ring (bicyclic) bond motifs is 3. The van der Waals surface area contributed by atoms with E-state index >= 15 is 0 Å². The van der Waals surface area contributed by atoms with E-state index in [-0.39, 0.29) is 0 Å². The standard InChI is InChI=1S/C48H33NS/c1-4-15-34(16-5-1)35-27-29-38(30-28-35)49(39-31-32-43-42-22-12-13-26-46(42)50-47(43)33-39)45-25-14-24-41(37-19-8-3-9-20-37)48(45)44-23-11-10-21-40(44)36-17-6-2-7-18-36/h1-33H. The number of hydrogen-bond acceptors (Lipinski definition) is 2. The van der Waals surface area contributed by atoms with Gasteiger partial charge in [-0.3, -0.25) is 0 Å². The van der Waals surface area contributed by atoms with E-state index in [2.05, 4.69) is 205 Å². The minimum Gasteiger partial charge on any atom is -0.310 e. The van der Waals surface area contributed by atoms with Crippen LogP contribution in [0.3, 0.4) is 0 Å². The van der Waals surface area contributed by atoms with Crippen LogP contribution in [0.4, 0.5) is 17.1 Å². The number of nitrogens with zero attached hydrogens (tertiary/aromatic N) is 1. The van der Waals surface area contributed by atoms with Gasteiger partial charge in [-0.15, -0.1) is 11.3 Å². The molecule has 1 nitrogen and oxygen atoms in total. The lowest BCUT2D eigenvalue weighted by atomic mass is 9.87. The van der Waals surface area contributed by atoms with Gasteiger partial charge in [0.15, 0.2) is 0 Å². The maximum atomic E-state index is 2.45. The van der Waals surface area contributed by atoms with Gasteiger partial charge in [0.25, 0.3) is 0 Å². The predicted octanol–water partition coefficient (Wildman–Crippen LogP) is 14.2. The Balaban J connectivity index is 1.32. The zero-order valence-electron chi connectivity index (χ0n) is 27.4. The molecular formula is C48H33NS. The Bertz CT molecular complexity index is 2570. The fourth-order valence-electron chi connectivity index (χ4n) is 7.15. The molecule has 0 bridgehead atoms.